The molecule has 0 unspecified atom stereocenters. The first kappa shape index (κ1) is 14.2. The van der Waals surface area contributed by atoms with Gasteiger partial charge in [-0.1, -0.05) is 49.5 Å². The van der Waals surface area contributed by atoms with Gasteiger partial charge in [0.15, 0.2) is 0 Å². The molecule has 0 aromatic carbocycles. The van der Waals surface area contributed by atoms with Crippen LogP contribution in [0.2, 0.25) is 0 Å². The standard InChI is InChI=1S/C16H21NO/c1-4-12-17-16(18)15-11-10-13(2)8-6-5-7-9-14(15)3/h5-7,9-11H,3-4,8,12H2,1-2H3,(H,17,18)/b6-5-,9-7-,13-10-,15-11?. The van der Waals surface area contributed by atoms with Gasteiger partial charge < -0.3 is 5.32 Å². The number of amides is 1. The summed E-state index contributed by atoms with van der Waals surface area (Å²) in [6.07, 6.45) is 13.5. The Balaban J connectivity index is 2.95. The molecular weight excluding hydrogens is 222 g/mol. The molecule has 96 valence electrons. The highest BCUT2D eigenvalue weighted by molar-refractivity contribution is 5.98. The topological polar surface area (TPSA) is 29.1 Å². The Morgan fingerprint density at radius 2 is 2.17 bits per heavy atom. The van der Waals surface area contributed by atoms with E-state index in [4.69, 9.17) is 0 Å². The van der Waals surface area contributed by atoms with Gasteiger partial charge in [-0.15, -0.1) is 0 Å². The van der Waals surface area contributed by atoms with Crippen LogP contribution in [0.15, 0.2) is 59.8 Å². The van der Waals surface area contributed by atoms with E-state index in [1.54, 1.807) is 0 Å². The fourth-order valence-electron chi connectivity index (χ4n) is 1.55. The minimum Gasteiger partial charge on any atom is -0.352 e. The third-order valence-corrected chi connectivity index (χ3v) is 2.65. The molecule has 0 saturated carbocycles. The lowest BCUT2D eigenvalue weighted by Crippen LogP contribution is -2.26. The van der Waals surface area contributed by atoms with Crippen molar-refractivity contribution in [3.05, 3.63) is 59.8 Å². The van der Waals surface area contributed by atoms with Gasteiger partial charge in [0.1, 0.15) is 0 Å². The molecule has 1 rings (SSSR count). The van der Waals surface area contributed by atoms with Gasteiger partial charge in [0, 0.05) is 12.1 Å². The van der Waals surface area contributed by atoms with E-state index in [0.29, 0.717) is 12.1 Å². The van der Waals surface area contributed by atoms with Crippen LogP contribution in [0, 0.1) is 0 Å². The van der Waals surface area contributed by atoms with Crippen molar-refractivity contribution in [2.24, 2.45) is 0 Å². The van der Waals surface area contributed by atoms with Crippen LogP contribution in [0.5, 0.6) is 0 Å². The number of carbonyl (C=O) groups is 1. The molecule has 2 nitrogen and oxygen atoms in total. The molecule has 2 heteroatoms. The van der Waals surface area contributed by atoms with Crippen LogP contribution in [0.4, 0.5) is 0 Å². The van der Waals surface area contributed by atoms with E-state index < -0.39 is 0 Å². The molecule has 18 heavy (non-hydrogen) atoms. The predicted molar refractivity (Wildman–Crippen MR) is 77.2 cm³/mol. The molecule has 0 bridgehead atoms. The fraction of sp³-hybridized carbons (Fsp3) is 0.312. The van der Waals surface area contributed by atoms with E-state index in [1.165, 1.54) is 5.57 Å². The van der Waals surface area contributed by atoms with E-state index in [-0.39, 0.29) is 5.91 Å². The van der Waals surface area contributed by atoms with Gasteiger partial charge in [0.25, 0.3) is 5.91 Å². The second kappa shape index (κ2) is 7.49. The molecule has 0 atom stereocenters. The number of nitrogens with one attached hydrogen (secondary N) is 1. The second-order valence-corrected chi connectivity index (χ2v) is 4.37. The van der Waals surface area contributed by atoms with Crippen LogP contribution in [-0.4, -0.2) is 12.5 Å². The SMILES string of the molecule is C=C1/C=C\C=C/C/C(C)=C\C=C1C(=O)NCCC. The normalized spacial score (nSPS) is 22.4. The molecular formula is C16H21NO. The Labute approximate surface area is 109 Å². The average Bonchev–Trinajstić information content (AvgIpc) is 2.35. The van der Waals surface area contributed by atoms with E-state index in [0.717, 1.165) is 18.4 Å². The highest BCUT2D eigenvalue weighted by atomic mass is 16.1. The highest BCUT2D eigenvalue weighted by Crippen LogP contribution is 2.13. The van der Waals surface area contributed by atoms with Crippen molar-refractivity contribution in [2.45, 2.75) is 26.7 Å². The summed E-state index contributed by atoms with van der Waals surface area (Å²) in [7, 11) is 0. The lowest BCUT2D eigenvalue weighted by molar-refractivity contribution is -0.117. The van der Waals surface area contributed by atoms with Crippen molar-refractivity contribution >= 4 is 5.91 Å². The Morgan fingerprint density at radius 3 is 2.89 bits per heavy atom. The second-order valence-electron chi connectivity index (χ2n) is 4.37. The zero-order chi connectivity index (χ0) is 13.4. The molecule has 0 heterocycles. The molecule has 0 aromatic heterocycles. The molecule has 0 radical (unpaired) electrons. The smallest absolute Gasteiger partial charge is 0.251 e. The quantitative estimate of drug-likeness (QED) is 0.808. The lowest BCUT2D eigenvalue weighted by atomic mass is 10.0. The van der Waals surface area contributed by atoms with Gasteiger partial charge in [-0.25, -0.2) is 0 Å². The summed E-state index contributed by atoms with van der Waals surface area (Å²) >= 11 is 0. The number of allylic oxidation sites excluding steroid dienone is 7. The summed E-state index contributed by atoms with van der Waals surface area (Å²) in [5, 5.41) is 2.88. The first-order valence-corrected chi connectivity index (χ1v) is 6.33. The minimum atomic E-state index is -0.0555. The number of hydrogen-bond donors (Lipinski definition) is 1. The van der Waals surface area contributed by atoms with Gasteiger partial charge >= 0.3 is 0 Å². The molecule has 1 aliphatic carbocycles. The Kier molecular flexibility index (Phi) is 5.92. The maximum Gasteiger partial charge on any atom is 0.251 e. The van der Waals surface area contributed by atoms with Crippen LogP contribution < -0.4 is 5.32 Å². The summed E-state index contributed by atoms with van der Waals surface area (Å²) in [5.74, 6) is -0.0555. The molecule has 1 amide bonds. The molecule has 0 spiro atoms. The minimum absolute atomic E-state index is 0.0555. The number of carbonyl (C=O) groups excluding carboxylic acids is 1. The maximum atomic E-state index is 12.0. The van der Waals surface area contributed by atoms with E-state index >= 15 is 0 Å². The van der Waals surface area contributed by atoms with Crippen LogP contribution in [0.25, 0.3) is 0 Å². The fourth-order valence-corrected chi connectivity index (χ4v) is 1.55. The highest BCUT2D eigenvalue weighted by Gasteiger charge is 2.09. The number of hydrogen-bond acceptors (Lipinski definition) is 1. The van der Waals surface area contributed by atoms with E-state index in [2.05, 4.69) is 24.9 Å². The monoisotopic (exact) mass is 243 g/mol. The summed E-state index contributed by atoms with van der Waals surface area (Å²) in [6, 6.07) is 0. The lowest BCUT2D eigenvalue weighted by Gasteiger charge is -2.08. The van der Waals surface area contributed by atoms with E-state index in [1.807, 2.05) is 37.3 Å². The zero-order valence-electron chi connectivity index (χ0n) is 11.2. The van der Waals surface area contributed by atoms with Crippen LogP contribution >= 0.6 is 0 Å². The van der Waals surface area contributed by atoms with Gasteiger partial charge in [-0.2, -0.15) is 0 Å². The summed E-state index contributed by atoms with van der Waals surface area (Å²) in [4.78, 5) is 12.0. The van der Waals surface area contributed by atoms with Crippen molar-refractivity contribution in [3.63, 3.8) is 0 Å². The summed E-state index contributed by atoms with van der Waals surface area (Å²) in [5.41, 5.74) is 2.59. The first-order valence-electron chi connectivity index (χ1n) is 6.33. The van der Waals surface area contributed by atoms with Crippen molar-refractivity contribution in [1.29, 1.82) is 0 Å². The summed E-state index contributed by atoms with van der Waals surface area (Å²) in [6.45, 7) is 8.72. The van der Waals surface area contributed by atoms with Crippen LogP contribution in [0.1, 0.15) is 26.7 Å². The predicted octanol–water partition coefficient (Wildman–Crippen LogP) is 3.46. The molecule has 0 saturated heterocycles. The van der Waals surface area contributed by atoms with Crippen molar-refractivity contribution in [2.75, 3.05) is 6.54 Å². The third-order valence-electron chi connectivity index (χ3n) is 2.65. The maximum absolute atomic E-state index is 12.0. The van der Waals surface area contributed by atoms with Crippen molar-refractivity contribution < 1.29 is 4.79 Å². The van der Waals surface area contributed by atoms with Gasteiger partial charge in [0.05, 0.1) is 0 Å². The largest absolute Gasteiger partial charge is 0.352 e. The first-order chi connectivity index (χ1) is 8.65. The van der Waals surface area contributed by atoms with E-state index in [9.17, 15) is 4.79 Å². The number of rotatable bonds is 3. The van der Waals surface area contributed by atoms with Gasteiger partial charge in [0.2, 0.25) is 0 Å². The van der Waals surface area contributed by atoms with Crippen molar-refractivity contribution in [3.8, 4) is 0 Å². The Hall–Kier alpha value is -1.83. The Bertz CT molecular complexity index is 436. The summed E-state index contributed by atoms with van der Waals surface area (Å²) < 4.78 is 0. The third kappa shape index (κ3) is 4.58. The molecule has 1 aliphatic rings. The van der Waals surface area contributed by atoms with Crippen LogP contribution in [0.3, 0.4) is 0 Å². The van der Waals surface area contributed by atoms with Crippen LogP contribution in [-0.2, 0) is 4.79 Å². The molecule has 0 aromatic rings. The molecule has 0 aliphatic heterocycles. The van der Waals surface area contributed by atoms with Gasteiger partial charge in [-0.3, -0.25) is 4.79 Å². The zero-order valence-corrected chi connectivity index (χ0v) is 11.2. The molecule has 1 N–H and O–H groups in total. The Morgan fingerprint density at radius 1 is 1.39 bits per heavy atom. The molecule has 0 fully saturated rings. The van der Waals surface area contributed by atoms with Gasteiger partial charge in [-0.05, 0) is 31.4 Å². The average molecular weight is 243 g/mol. The van der Waals surface area contributed by atoms with Crippen molar-refractivity contribution in [1.82, 2.24) is 5.32 Å².